The maximum absolute atomic E-state index is 10.6. The Morgan fingerprint density at radius 2 is 1.75 bits per heavy atom. The first-order valence-electron chi connectivity index (χ1n) is 4.21. The molecule has 0 heterocycles. The van der Waals surface area contributed by atoms with E-state index in [4.69, 9.17) is 10.7 Å². The first-order chi connectivity index (χ1) is 5.58. The summed E-state index contributed by atoms with van der Waals surface area (Å²) in [7, 11) is 1.61. The fourth-order valence-corrected chi connectivity index (χ4v) is 2.12. The summed E-state index contributed by atoms with van der Waals surface area (Å²) in [4.78, 5) is 0. The van der Waals surface area contributed by atoms with Crippen LogP contribution in [0.25, 0.3) is 0 Å². The van der Waals surface area contributed by atoms with Crippen LogP contribution in [-0.4, -0.2) is 8.42 Å². The van der Waals surface area contributed by atoms with Crippen LogP contribution in [0.1, 0.15) is 32.1 Å². The van der Waals surface area contributed by atoms with Crippen molar-refractivity contribution in [1.82, 2.24) is 0 Å². The lowest BCUT2D eigenvalue weighted by Crippen LogP contribution is -2.02. The van der Waals surface area contributed by atoms with Crippen LogP contribution < -0.4 is 0 Å². The summed E-state index contributed by atoms with van der Waals surface area (Å²) >= 11 is 0. The van der Waals surface area contributed by atoms with Crippen LogP contribution in [0.5, 0.6) is 0 Å². The highest BCUT2D eigenvalue weighted by Gasteiger charge is 2.10. The van der Waals surface area contributed by atoms with Gasteiger partial charge in [0.2, 0.25) is 0 Å². The Morgan fingerprint density at radius 1 is 1.17 bits per heavy atom. The largest absolute Gasteiger partial charge is 0.254 e. The SMILES string of the molecule is O=S(=O)(Cl)/C=C\C1CCCCC1. The molecule has 4 heteroatoms. The smallest absolute Gasteiger partial charge is 0.208 e. The van der Waals surface area contributed by atoms with Gasteiger partial charge in [-0.3, -0.25) is 0 Å². The maximum atomic E-state index is 10.6. The van der Waals surface area contributed by atoms with Crippen LogP contribution in [0.15, 0.2) is 11.5 Å². The molecule has 1 rings (SSSR count). The number of hydrogen-bond acceptors (Lipinski definition) is 2. The molecule has 1 aliphatic carbocycles. The average Bonchev–Trinajstić information content (AvgIpc) is 2.02. The minimum Gasteiger partial charge on any atom is -0.208 e. The van der Waals surface area contributed by atoms with E-state index in [0.29, 0.717) is 5.92 Å². The molecule has 0 spiro atoms. The van der Waals surface area contributed by atoms with Gasteiger partial charge in [-0.1, -0.05) is 25.3 Å². The molecule has 1 aliphatic rings. The van der Waals surface area contributed by atoms with Crippen LogP contribution in [0.2, 0.25) is 0 Å². The van der Waals surface area contributed by atoms with E-state index < -0.39 is 9.05 Å². The van der Waals surface area contributed by atoms with Crippen LogP contribution in [0.4, 0.5) is 0 Å². The molecule has 1 saturated carbocycles. The van der Waals surface area contributed by atoms with Gasteiger partial charge in [0.15, 0.2) is 0 Å². The Bertz CT molecular complexity index is 250. The van der Waals surface area contributed by atoms with Gasteiger partial charge in [0.25, 0.3) is 9.05 Å². The molecule has 0 bridgehead atoms. The Kier molecular flexibility index (Phi) is 3.59. The Labute approximate surface area is 78.0 Å². The van der Waals surface area contributed by atoms with Crippen molar-refractivity contribution in [3.63, 3.8) is 0 Å². The topological polar surface area (TPSA) is 34.1 Å². The van der Waals surface area contributed by atoms with Gasteiger partial charge in [0, 0.05) is 16.1 Å². The van der Waals surface area contributed by atoms with Gasteiger partial charge < -0.3 is 0 Å². The minimum atomic E-state index is -3.43. The highest BCUT2D eigenvalue weighted by molar-refractivity contribution is 8.16. The van der Waals surface area contributed by atoms with Crippen LogP contribution in [0.3, 0.4) is 0 Å². The molecule has 0 saturated heterocycles. The van der Waals surface area contributed by atoms with Crippen molar-refractivity contribution < 1.29 is 8.42 Å². The highest BCUT2D eigenvalue weighted by Crippen LogP contribution is 2.24. The van der Waals surface area contributed by atoms with Crippen molar-refractivity contribution in [2.45, 2.75) is 32.1 Å². The van der Waals surface area contributed by atoms with E-state index in [-0.39, 0.29) is 0 Å². The van der Waals surface area contributed by atoms with Gasteiger partial charge in [-0.2, -0.15) is 0 Å². The zero-order valence-corrected chi connectivity index (χ0v) is 8.44. The molecule has 2 nitrogen and oxygen atoms in total. The second-order valence-corrected chi connectivity index (χ2v) is 5.72. The Hall–Kier alpha value is -0.0200. The quantitative estimate of drug-likeness (QED) is 0.654. The van der Waals surface area contributed by atoms with E-state index in [1.807, 2.05) is 0 Å². The average molecular weight is 209 g/mol. The number of hydrogen-bond donors (Lipinski definition) is 0. The first kappa shape index (κ1) is 10.1. The van der Waals surface area contributed by atoms with Gasteiger partial charge in [-0.25, -0.2) is 8.42 Å². The van der Waals surface area contributed by atoms with Gasteiger partial charge in [0.1, 0.15) is 0 Å². The predicted molar refractivity (Wildman–Crippen MR) is 50.5 cm³/mol. The summed E-state index contributed by atoms with van der Waals surface area (Å²) in [6.45, 7) is 0. The third kappa shape index (κ3) is 4.12. The standard InChI is InChI=1S/C8H13ClO2S/c9-12(10,11)7-6-8-4-2-1-3-5-8/h6-8H,1-5H2/b7-6-. The minimum absolute atomic E-state index is 0.423. The molecule has 70 valence electrons. The van der Waals surface area contributed by atoms with E-state index in [0.717, 1.165) is 18.2 Å². The summed E-state index contributed by atoms with van der Waals surface area (Å²) in [6.07, 6.45) is 7.61. The summed E-state index contributed by atoms with van der Waals surface area (Å²) < 4.78 is 21.1. The molecule has 1 fully saturated rings. The molecular weight excluding hydrogens is 196 g/mol. The molecule has 0 aromatic heterocycles. The van der Waals surface area contributed by atoms with Crippen LogP contribution in [-0.2, 0) is 9.05 Å². The molecular formula is C8H13ClO2S. The first-order valence-corrected chi connectivity index (χ1v) is 6.58. The second-order valence-electron chi connectivity index (χ2n) is 3.20. The third-order valence-electron chi connectivity index (χ3n) is 2.16. The third-order valence-corrected chi connectivity index (χ3v) is 2.95. The van der Waals surface area contributed by atoms with E-state index in [2.05, 4.69) is 0 Å². The molecule has 0 aromatic carbocycles. The summed E-state index contributed by atoms with van der Waals surface area (Å²) in [5.74, 6) is 0.423. The molecule has 0 atom stereocenters. The van der Waals surface area contributed by atoms with Crippen molar-refractivity contribution in [2.75, 3.05) is 0 Å². The lowest BCUT2D eigenvalue weighted by atomic mass is 9.90. The maximum Gasteiger partial charge on any atom is 0.254 e. The van der Waals surface area contributed by atoms with Crippen LogP contribution >= 0.6 is 10.7 Å². The van der Waals surface area contributed by atoms with E-state index in [9.17, 15) is 8.42 Å². The zero-order valence-electron chi connectivity index (χ0n) is 6.87. The molecule has 0 amide bonds. The van der Waals surface area contributed by atoms with E-state index >= 15 is 0 Å². The van der Waals surface area contributed by atoms with Gasteiger partial charge >= 0.3 is 0 Å². The molecule has 0 aliphatic heterocycles. The summed E-state index contributed by atoms with van der Waals surface area (Å²) in [5, 5.41) is 1.12. The molecule has 0 aromatic rings. The molecule has 0 N–H and O–H groups in total. The summed E-state index contributed by atoms with van der Waals surface area (Å²) in [5.41, 5.74) is 0. The van der Waals surface area contributed by atoms with Crippen molar-refractivity contribution >= 4 is 19.7 Å². The molecule has 12 heavy (non-hydrogen) atoms. The van der Waals surface area contributed by atoms with E-state index in [1.54, 1.807) is 6.08 Å². The van der Waals surface area contributed by atoms with Gasteiger partial charge in [-0.05, 0) is 18.8 Å². The Balaban J connectivity index is 2.44. The monoisotopic (exact) mass is 208 g/mol. The normalized spacial score (nSPS) is 21.8. The fourth-order valence-electron chi connectivity index (χ4n) is 1.53. The number of allylic oxidation sites excluding steroid dienone is 1. The van der Waals surface area contributed by atoms with Crippen molar-refractivity contribution in [3.8, 4) is 0 Å². The lowest BCUT2D eigenvalue weighted by Gasteiger charge is -2.17. The highest BCUT2D eigenvalue weighted by atomic mass is 35.7. The second kappa shape index (κ2) is 4.28. The number of halogens is 1. The molecule has 0 radical (unpaired) electrons. The zero-order chi connectivity index (χ0) is 9.03. The van der Waals surface area contributed by atoms with Crippen molar-refractivity contribution in [2.24, 2.45) is 5.92 Å². The van der Waals surface area contributed by atoms with Gasteiger partial charge in [0.05, 0.1) is 0 Å². The lowest BCUT2D eigenvalue weighted by molar-refractivity contribution is 0.419. The Morgan fingerprint density at radius 3 is 2.25 bits per heavy atom. The van der Waals surface area contributed by atoms with Crippen molar-refractivity contribution in [1.29, 1.82) is 0 Å². The van der Waals surface area contributed by atoms with E-state index in [1.165, 1.54) is 19.3 Å². The number of rotatable bonds is 2. The van der Waals surface area contributed by atoms with Crippen LogP contribution in [0, 0.1) is 5.92 Å². The summed E-state index contributed by atoms with van der Waals surface area (Å²) in [6, 6.07) is 0. The predicted octanol–water partition coefficient (Wildman–Crippen LogP) is 2.65. The fraction of sp³-hybridized carbons (Fsp3) is 0.750. The van der Waals surface area contributed by atoms with Gasteiger partial charge in [-0.15, -0.1) is 0 Å². The van der Waals surface area contributed by atoms with Crippen molar-refractivity contribution in [3.05, 3.63) is 11.5 Å². The molecule has 0 unspecified atom stereocenters.